The molecule has 1 fully saturated rings. The number of para-hydroxylation sites is 2. The largest absolute Gasteiger partial charge is 0.507 e. The lowest BCUT2D eigenvalue weighted by molar-refractivity contribution is -0.140. The number of Topliss-reactive ketones (excluding diaryl/α,β-unsaturated/α-hetero) is 1. The molecule has 1 aliphatic rings. The third-order valence-corrected chi connectivity index (χ3v) is 6.92. The predicted molar refractivity (Wildman–Crippen MR) is 136 cm³/mol. The van der Waals surface area contributed by atoms with Gasteiger partial charge < -0.3 is 19.7 Å². The van der Waals surface area contributed by atoms with Crippen molar-refractivity contribution in [3.05, 3.63) is 105 Å². The molecule has 35 heavy (non-hydrogen) atoms. The highest BCUT2D eigenvalue weighted by Crippen LogP contribution is 2.43. The number of aromatic amines is 1. The van der Waals surface area contributed by atoms with Gasteiger partial charge in [-0.3, -0.25) is 9.59 Å². The molecule has 4 aromatic rings. The first kappa shape index (κ1) is 23.0. The van der Waals surface area contributed by atoms with E-state index in [-0.39, 0.29) is 22.9 Å². The molecule has 1 amide bonds. The fourth-order valence-corrected chi connectivity index (χ4v) is 4.80. The Hall–Kier alpha value is -3.74. The van der Waals surface area contributed by atoms with Gasteiger partial charge in [0.15, 0.2) is 0 Å². The third-order valence-electron chi connectivity index (χ3n) is 6.18. The fourth-order valence-electron chi connectivity index (χ4n) is 4.50. The molecule has 2 N–H and O–H groups in total. The molecule has 1 saturated heterocycles. The molecule has 5 rings (SSSR count). The molecule has 6 nitrogen and oxygen atoms in total. The van der Waals surface area contributed by atoms with Crippen LogP contribution in [-0.2, 0) is 16.1 Å². The number of fused-ring (bicyclic) bond motifs is 1. The normalized spacial score (nSPS) is 17.3. The summed E-state index contributed by atoms with van der Waals surface area (Å²) in [7, 11) is 1.55. The van der Waals surface area contributed by atoms with E-state index in [1.807, 2.05) is 42.5 Å². The van der Waals surface area contributed by atoms with Crippen LogP contribution in [0.1, 0.15) is 22.7 Å². The molecule has 0 aliphatic carbocycles. The molecule has 176 valence electrons. The summed E-state index contributed by atoms with van der Waals surface area (Å²) in [5.74, 6) is -1.22. The van der Waals surface area contributed by atoms with Gasteiger partial charge in [0.2, 0.25) is 0 Å². The summed E-state index contributed by atoms with van der Waals surface area (Å²) in [6.07, 6.45) is 1.76. The SMILES string of the molecule is COc1ccccc1CN1C(=O)C(=O)/C(=C(/O)c2ccc(Cl)c(Cl)c2)C1c1c[nH]c2ccccc12. The quantitative estimate of drug-likeness (QED) is 0.194. The molecule has 1 aliphatic heterocycles. The van der Waals surface area contributed by atoms with Gasteiger partial charge in [0, 0.05) is 33.8 Å². The average Bonchev–Trinajstić information content (AvgIpc) is 3.40. The monoisotopic (exact) mass is 506 g/mol. The number of amides is 1. The number of nitrogens with one attached hydrogen (secondary N) is 1. The number of aromatic nitrogens is 1. The van der Waals surface area contributed by atoms with E-state index in [1.165, 1.54) is 17.0 Å². The minimum absolute atomic E-state index is 0.0203. The number of rotatable bonds is 5. The van der Waals surface area contributed by atoms with E-state index in [0.717, 1.165) is 16.5 Å². The van der Waals surface area contributed by atoms with E-state index >= 15 is 0 Å². The van der Waals surface area contributed by atoms with Gasteiger partial charge in [-0.15, -0.1) is 0 Å². The first-order valence-electron chi connectivity index (χ1n) is 10.8. The standard InChI is InChI=1S/C27H20Cl2N2O4/c1-35-22-9-5-2-6-16(22)14-31-24(18-13-30-21-8-4-3-7-17(18)21)23(26(33)27(31)34)25(32)15-10-11-19(28)20(29)12-15/h2-13,24,30,32H,14H2,1H3/b25-23+. The summed E-state index contributed by atoms with van der Waals surface area (Å²) in [5, 5.41) is 12.7. The second-order valence-electron chi connectivity index (χ2n) is 8.16. The maximum atomic E-state index is 13.4. The van der Waals surface area contributed by atoms with Gasteiger partial charge in [-0.2, -0.15) is 0 Å². The van der Waals surface area contributed by atoms with Crippen molar-refractivity contribution in [1.29, 1.82) is 0 Å². The van der Waals surface area contributed by atoms with E-state index in [0.29, 0.717) is 21.9 Å². The van der Waals surface area contributed by atoms with Gasteiger partial charge in [-0.1, -0.05) is 59.6 Å². The Balaban J connectivity index is 1.72. The molecule has 0 radical (unpaired) electrons. The maximum Gasteiger partial charge on any atom is 0.295 e. The number of benzene rings is 3. The van der Waals surface area contributed by atoms with E-state index in [9.17, 15) is 14.7 Å². The van der Waals surface area contributed by atoms with Crippen molar-refractivity contribution >= 4 is 51.6 Å². The highest BCUT2D eigenvalue weighted by atomic mass is 35.5. The number of hydrogen-bond acceptors (Lipinski definition) is 4. The van der Waals surface area contributed by atoms with Crippen LogP contribution in [-0.4, -0.2) is 33.8 Å². The number of ether oxygens (including phenoxy) is 1. The van der Waals surface area contributed by atoms with Crippen LogP contribution in [0, 0.1) is 0 Å². The average molecular weight is 507 g/mol. The molecule has 1 atom stereocenters. The van der Waals surface area contributed by atoms with Crippen LogP contribution in [0.2, 0.25) is 10.0 Å². The number of halogens is 2. The molecule has 0 spiro atoms. The number of hydrogen-bond donors (Lipinski definition) is 2. The van der Waals surface area contributed by atoms with Crippen molar-refractivity contribution in [2.75, 3.05) is 7.11 Å². The summed E-state index contributed by atoms with van der Waals surface area (Å²) in [4.78, 5) is 31.4. The van der Waals surface area contributed by atoms with Crippen molar-refractivity contribution in [1.82, 2.24) is 9.88 Å². The number of ketones is 1. The van der Waals surface area contributed by atoms with Crippen molar-refractivity contribution in [2.24, 2.45) is 0 Å². The first-order chi connectivity index (χ1) is 16.9. The number of likely N-dealkylation sites (tertiary alicyclic amines) is 1. The van der Waals surface area contributed by atoms with Crippen LogP contribution < -0.4 is 4.74 Å². The van der Waals surface area contributed by atoms with Crippen LogP contribution in [0.5, 0.6) is 5.75 Å². The zero-order valence-electron chi connectivity index (χ0n) is 18.6. The molecule has 1 aromatic heterocycles. The van der Waals surface area contributed by atoms with Crippen LogP contribution >= 0.6 is 23.2 Å². The van der Waals surface area contributed by atoms with Gasteiger partial charge >= 0.3 is 0 Å². The highest BCUT2D eigenvalue weighted by Gasteiger charge is 2.47. The van der Waals surface area contributed by atoms with Gasteiger partial charge in [-0.25, -0.2) is 0 Å². The number of H-pyrrole nitrogens is 1. The first-order valence-corrected chi connectivity index (χ1v) is 11.6. The topological polar surface area (TPSA) is 82.6 Å². The summed E-state index contributed by atoms with van der Waals surface area (Å²) in [6.45, 7) is 0.108. The molecule has 8 heteroatoms. The van der Waals surface area contributed by atoms with Crippen molar-refractivity contribution in [3.8, 4) is 5.75 Å². The zero-order chi connectivity index (χ0) is 24.7. The van der Waals surface area contributed by atoms with Crippen LogP contribution in [0.3, 0.4) is 0 Å². The van der Waals surface area contributed by atoms with Gasteiger partial charge in [0.25, 0.3) is 11.7 Å². The van der Waals surface area contributed by atoms with Gasteiger partial charge in [0.05, 0.1) is 35.3 Å². The Kier molecular flexibility index (Phi) is 6.01. The van der Waals surface area contributed by atoms with Crippen LogP contribution in [0.4, 0.5) is 0 Å². The molecule has 0 saturated carbocycles. The maximum absolute atomic E-state index is 13.4. The highest BCUT2D eigenvalue weighted by molar-refractivity contribution is 6.47. The molecule has 2 heterocycles. The number of nitrogens with zero attached hydrogens (tertiary/aromatic N) is 1. The minimum atomic E-state index is -0.842. The Morgan fingerprint density at radius 2 is 1.77 bits per heavy atom. The van der Waals surface area contributed by atoms with Crippen LogP contribution in [0.15, 0.2) is 78.5 Å². The minimum Gasteiger partial charge on any atom is -0.507 e. The number of aliphatic hydroxyl groups is 1. The Labute approximate surface area is 211 Å². The lowest BCUT2D eigenvalue weighted by atomic mass is 9.94. The Morgan fingerprint density at radius 1 is 1.03 bits per heavy atom. The van der Waals surface area contributed by atoms with Crippen molar-refractivity contribution < 1.29 is 19.4 Å². The molecular formula is C27H20Cl2N2O4. The Morgan fingerprint density at radius 3 is 2.54 bits per heavy atom. The summed E-state index contributed by atoms with van der Waals surface area (Å²) >= 11 is 12.2. The third kappa shape index (κ3) is 3.95. The van der Waals surface area contributed by atoms with E-state index in [2.05, 4.69) is 4.98 Å². The molecular weight excluding hydrogens is 487 g/mol. The second-order valence-corrected chi connectivity index (χ2v) is 8.97. The summed E-state index contributed by atoms with van der Waals surface area (Å²) < 4.78 is 5.46. The predicted octanol–water partition coefficient (Wildman–Crippen LogP) is 6.11. The van der Waals surface area contributed by atoms with E-state index < -0.39 is 17.7 Å². The number of aliphatic hydroxyl groups excluding tert-OH is 1. The summed E-state index contributed by atoms with van der Waals surface area (Å²) in [5.41, 5.74) is 2.54. The lowest BCUT2D eigenvalue weighted by Crippen LogP contribution is -2.29. The Bertz CT molecular complexity index is 1510. The second kappa shape index (κ2) is 9.13. The van der Waals surface area contributed by atoms with Crippen LogP contribution in [0.25, 0.3) is 16.7 Å². The van der Waals surface area contributed by atoms with Crippen molar-refractivity contribution in [3.63, 3.8) is 0 Å². The molecule has 0 bridgehead atoms. The van der Waals surface area contributed by atoms with Gasteiger partial charge in [-0.05, 0) is 30.3 Å². The number of methoxy groups -OCH3 is 1. The number of carbonyl (C=O) groups is 2. The number of carbonyl (C=O) groups excluding carboxylic acids is 2. The lowest BCUT2D eigenvalue weighted by Gasteiger charge is -2.25. The summed E-state index contributed by atoms with van der Waals surface area (Å²) in [6, 6.07) is 18.6. The smallest absolute Gasteiger partial charge is 0.295 e. The van der Waals surface area contributed by atoms with E-state index in [1.54, 1.807) is 25.4 Å². The van der Waals surface area contributed by atoms with Crippen molar-refractivity contribution in [2.45, 2.75) is 12.6 Å². The molecule has 1 unspecified atom stereocenters. The van der Waals surface area contributed by atoms with Gasteiger partial charge in [0.1, 0.15) is 11.5 Å². The van der Waals surface area contributed by atoms with E-state index in [4.69, 9.17) is 27.9 Å². The molecule has 3 aromatic carbocycles. The zero-order valence-corrected chi connectivity index (χ0v) is 20.1. The fraction of sp³-hybridized carbons (Fsp3) is 0.111.